The third kappa shape index (κ3) is 15.4. The van der Waals surface area contributed by atoms with Crippen LogP contribution in [-0.2, 0) is 16.2 Å². The summed E-state index contributed by atoms with van der Waals surface area (Å²) in [6.45, 7) is 14.0. The van der Waals surface area contributed by atoms with Gasteiger partial charge in [-0.1, -0.05) is 454 Å². The van der Waals surface area contributed by atoms with Gasteiger partial charge in [-0.15, -0.1) is 0 Å². The molecule has 23 rings (SSSR count). The Morgan fingerprint density at radius 2 is 0.326 bits per heavy atom. The van der Waals surface area contributed by atoms with Crippen molar-refractivity contribution in [3.8, 4) is 191 Å². The SMILES string of the molecule is CC1(C)c2ccccc2-c2c(-c3ccc(-c4cc(-c5ccccc5)nc(-c5ccccc5)n4)cc3)cccc21.CC1(C)c2ccccc2-c2c(-c3ccc(-c4cccc(-c5cc(-c6ccccc6)nc(-c6ccccc6)n5)c4)cc3)cccc21.CC1(C)c2ccccc2-c2c(-c3cccc(-c4cccc(-c5cc(-c6ccccc6)nc(-c6ccccc6)n5)c4)c3)cccc21. The van der Waals surface area contributed by atoms with Crippen LogP contribution in [0.4, 0.5) is 0 Å². The molecule has 6 nitrogen and oxygen atoms in total. The summed E-state index contributed by atoms with van der Waals surface area (Å²) in [4.78, 5) is 30.0. The molecule has 0 amide bonds. The molecule has 3 aromatic heterocycles. The Labute approximate surface area is 755 Å². The molecule has 0 bridgehead atoms. The van der Waals surface area contributed by atoms with Gasteiger partial charge in [-0.05, 0) is 159 Å². The van der Waals surface area contributed by atoms with E-state index in [1.165, 1.54) is 111 Å². The molecule has 0 unspecified atom stereocenters. The third-order valence-corrected chi connectivity index (χ3v) is 26.2. The minimum absolute atomic E-state index is 0.00941. The topological polar surface area (TPSA) is 77.3 Å². The van der Waals surface area contributed by atoms with E-state index < -0.39 is 0 Å². The van der Waals surface area contributed by atoms with E-state index in [0.29, 0.717) is 0 Å². The second-order valence-electron chi connectivity index (χ2n) is 35.2. The van der Waals surface area contributed by atoms with E-state index in [1.807, 2.05) is 97.1 Å². The number of hydrogen-bond donors (Lipinski definition) is 0. The van der Waals surface area contributed by atoms with Gasteiger partial charge in [0, 0.05) is 66.3 Å². The van der Waals surface area contributed by atoms with Crippen LogP contribution in [0.3, 0.4) is 0 Å². The zero-order valence-electron chi connectivity index (χ0n) is 72.9. The van der Waals surface area contributed by atoms with E-state index in [0.717, 1.165) is 113 Å². The van der Waals surface area contributed by atoms with Crippen molar-refractivity contribution in [1.82, 2.24) is 29.9 Å². The maximum absolute atomic E-state index is 5.06. The van der Waals surface area contributed by atoms with Gasteiger partial charge in [-0.25, -0.2) is 29.9 Å². The van der Waals surface area contributed by atoms with Crippen LogP contribution in [-0.4, -0.2) is 29.9 Å². The van der Waals surface area contributed by atoms with E-state index in [9.17, 15) is 0 Å². The van der Waals surface area contributed by atoms with E-state index in [-0.39, 0.29) is 16.2 Å². The van der Waals surface area contributed by atoms with Gasteiger partial charge in [0.15, 0.2) is 17.5 Å². The second-order valence-corrected chi connectivity index (χ2v) is 35.2. The van der Waals surface area contributed by atoms with Crippen molar-refractivity contribution in [2.24, 2.45) is 0 Å². The predicted octanol–water partition coefficient (Wildman–Crippen LogP) is 31.7. The lowest BCUT2D eigenvalue weighted by atomic mass is 9.82. The molecular weight excluding hydrogens is 1560 g/mol. The first kappa shape index (κ1) is 80.1. The normalized spacial score (nSPS) is 12.9. The quantitative estimate of drug-likeness (QED) is 0.108. The van der Waals surface area contributed by atoms with Crippen LogP contribution >= 0.6 is 0 Å². The highest BCUT2D eigenvalue weighted by molar-refractivity contribution is 5.97. The maximum Gasteiger partial charge on any atom is 0.160 e. The molecule has 0 atom stereocenters. The zero-order chi connectivity index (χ0) is 87.2. The van der Waals surface area contributed by atoms with Crippen molar-refractivity contribution in [3.05, 3.63) is 482 Å². The summed E-state index contributed by atoms with van der Waals surface area (Å²) in [6, 6.07) is 159. The summed E-state index contributed by atoms with van der Waals surface area (Å²) in [5.74, 6) is 2.18. The van der Waals surface area contributed by atoms with Crippen molar-refractivity contribution >= 4 is 0 Å². The van der Waals surface area contributed by atoms with Gasteiger partial charge in [-0.2, -0.15) is 0 Å². The molecule has 0 saturated heterocycles. The summed E-state index contributed by atoms with van der Waals surface area (Å²) in [7, 11) is 0. The maximum atomic E-state index is 5.06. The van der Waals surface area contributed by atoms with Crippen LogP contribution in [0, 0.1) is 0 Å². The van der Waals surface area contributed by atoms with E-state index in [4.69, 9.17) is 29.9 Å². The first-order valence-electron chi connectivity index (χ1n) is 44.5. The fraction of sp³-hybridized carbons (Fsp3) is 0.0732. The summed E-state index contributed by atoms with van der Waals surface area (Å²) in [5.41, 5.74) is 43.5. The van der Waals surface area contributed by atoms with Crippen molar-refractivity contribution in [1.29, 1.82) is 0 Å². The highest BCUT2D eigenvalue weighted by Crippen LogP contribution is 2.56. The summed E-state index contributed by atoms with van der Waals surface area (Å²) < 4.78 is 0. The Morgan fingerprint density at radius 1 is 0.132 bits per heavy atom. The number of aromatic nitrogens is 6. The number of hydrogen-bond acceptors (Lipinski definition) is 6. The van der Waals surface area contributed by atoms with Gasteiger partial charge < -0.3 is 0 Å². The van der Waals surface area contributed by atoms with E-state index in [1.54, 1.807) is 0 Å². The molecule has 0 N–H and O–H groups in total. The average molecular weight is 1650 g/mol. The van der Waals surface area contributed by atoms with Crippen LogP contribution in [0.15, 0.2) is 449 Å². The van der Waals surface area contributed by atoms with Crippen LogP contribution < -0.4 is 0 Å². The highest BCUT2D eigenvalue weighted by atomic mass is 14.9. The van der Waals surface area contributed by atoms with Gasteiger partial charge in [0.05, 0.1) is 34.2 Å². The summed E-state index contributed by atoms with van der Waals surface area (Å²) >= 11 is 0. The fourth-order valence-corrected chi connectivity index (χ4v) is 19.4. The monoisotopic (exact) mass is 1650 g/mol. The average Bonchev–Trinajstić information content (AvgIpc) is 1.58. The first-order valence-corrected chi connectivity index (χ1v) is 44.5. The van der Waals surface area contributed by atoms with Crippen molar-refractivity contribution in [3.63, 3.8) is 0 Å². The lowest BCUT2D eigenvalue weighted by molar-refractivity contribution is 0.660. The molecule has 17 aromatic carbocycles. The lowest BCUT2D eigenvalue weighted by Gasteiger charge is -2.21. The van der Waals surface area contributed by atoms with Crippen molar-refractivity contribution < 1.29 is 0 Å². The highest BCUT2D eigenvalue weighted by Gasteiger charge is 2.40. The molecule has 0 saturated carbocycles. The Bertz CT molecular complexity index is 7400. The Morgan fingerprint density at radius 3 is 0.643 bits per heavy atom. The van der Waals surface area contributed by atoms with Gasteiger partial charge in [-0.3, -0.25) is 0 Å². The van der Waals surface area contributed by atoms with Crippen molar-refractivity contribution in [2.45, 2.75) is 57.8 Å². The molecule has 20 aromatic rings. The van der Waals surface area contributed by atoms with Crippen LogP contribution in [0.25, 0.3) is 191 Å². The van der Waals surface area contributed by atoms with Gasteiger partial charge in [0.2, 0.25) is 0 Å². The fourth-order valence-electron chi connectivity index (χ4n) is 19.4. The lowest BCUT2D eigenvalue weighted by Crippen LogP contribution is -2.14. The Balaban J connectivity index is 0.000000118. The minimum atomic E-state index is -0.0252. The Kier molecular flexibility index (Phi) is 21.0. The smallest absolute Gasteiger partial charge is 0.160 e. The van der Waals surface area contributed by atoms with Crippen LogP contribution in [0.2, 0.25) is 0 Å². The third-order valence-electron chi connectivity index (χ3n) is 26.2. The molecule has 614 valence electrons. The van der Waals surface area contributed by atoms with Crippen molar-refractivity contribution in [2.75, 3.05) is 0 Å². The minimum Gasteiger partial charge on any atom is -0.228 e. The van der Waals surface area contributed by atoms with E-state index in [2.05, 4.69) is 393 Å². The second kappa shape index (κ2) is 33.8. The molecule has 0 aliphatic heterocycles. The van der Waals surface area contributed by atoms with Gasteiger partial charge >= 0.3 is 0 Å². The van der Waals surface area contributed by atoms with Gasteiger partial charge in [0.1, 0.15) is 0 Å². The number of nitrogens with zero attached hydrogens (tertiary/aromatic N) is 6. The Hall–Kier alpha value is -16.0. The molecular formula is C123H92N6. The zero-order valence-corrected chi connectivity index (χ0v) is 72.9. The summed E-state index contributed by atoms with van der Waals surface area (Å²) in [5, 5.41) is 0. The standard InChI is InChI=1S/2C43H32N2.C37H28N2/c1-43(2)37-24-10-9-22-36(37)41-35(23-13-25-38(41)43)33-20-11-18-31(26-33)32-19-12-21-34(27-32)40-28-39(29-14-5-3-6-15-29)44-42(45-40)30-16-7-4-8-17-30;1-43(2)37-21-10-9-19-36(37)41-35(20-12-22-38(41)43)30-25-23-29(24-26-30)33-17-11-18-34(27-33)40-28-39(31-13-5-3-6-14-31)44-42(45-40)32-15-7-4-8-16-32;1-37(2)31-18-10-9-16-30(31)35-29(17-11-19-32(35)37)25-20-22-27(23-21-25)34-24-33(26-12-5-3-6-13-26)38-36(39-34)28-14-7-4-8-15-28/h2*3-28H,1-2H3;3-24H,1-2H3. The van der Waals surface area contributed by atoms with Crippen LogP contribution in [0.5, 0.6) is 0 Å². The first-order chi connectivity index (χ1) is 63.2. The molecule has 6 heteroatoms. The summed E-state index contributed by atoms with van der Waals surface area (Å²) in [6.07, 6.45) is 0. The molecule has 3 heterocycles. The largest absolute Gasteiger partial charge is 0.228 e. The number of rotatable bonds is 14. The number of benzene rings is 17. The molecule has 0 fully saturated rings. The molecule has 129 heavy (non-hydrogen) atoms. The number of fused-ring (bicyclic) bond motifs is 9. The van der Waals surface area contributed by atoms with Crippen LogP contribution in [0.1, 0.15) is 74.9 Å². The molecule has 0 radical (unpaired) electrons. The molecule has 3 aliphatic carbocycles. The van der Waals surface area contributed by atoms with E-state index >= 15 is 0 Å². The predicted molar refractivity (Wildman–Crippen MR) is 535 cm³/mol. The molecule has 3 aliphatic rings. The van der Waals surface area contributed by atoms with Gasteiger partial charge in [0.25, 0.3) is 0 Å². The molecule has 0 spiro atoms.